The summed E-state index contributed by atoms with van der Waals surface area (Å²) in [6.45, 7) is 6.30. The van der Waals surface area contributed by atoms with Gasteiger partial charge in [0.15, 0.2) is 0 Å². The first kappa shape index (κ1) is 19.3. The number of hydrogen-bond acceptors (Lipinski definition) is 3. The van der Waals surface area contributed by atoms with Crippen molar-refractivity contribution in [2.75, 3.05) is 0 Å². The highest BCUT2D eigenvalue weighted by Gasteiger charge is 2.23. The first-order valence-electron chi connectivity index (χ1n) is 8.85. The van der Waals surface area contributed by atoms with Crippen molar-refractivity contribution >= 4 is 10.0 Å². The number of nitrogens with one attached hydrogen (secondary N) is 1. The minimum atomic E-state index is -3.69. The molecular formula is C22H24N2O2S. The summed E-state index contributed by atoms with van der Waals surface area (Å²) in [4.78, 5) is 4.29. The highest BCUT2D eigenvalue weighted by molar-refractivity contribution is 7.89. The van der Waals surface area contributed by atoms with E-state index in [4.69, 9.17) is 0 Å². The zero-order valence-corrected chi connectivity index (χ0v) is 16.6. The molecule has 0 amide bonds. The summed E-state index contributed by atoms with van der Waals surface area (Å²) in [5, 5.41) is 0. The van der Waals surface area contributed by atoms with E-state index in [0.29, 0.717) is 0 Å². The fourth-order valence-corrected chi connectivity index (χ4v) is 4.10. The monoisotopic (exact) mass is 380 g/mol. The second-order valence-electron chi connectivity index (χ2n) is 7.52. The van der Waals surface area contributed by atoms with Crippen molar-refractivity contribution in [3.05, 3.63) is 95.8 Å². The molecule has 0 aliphatic carbocycles. The summed E-state index contributed by atoms with van der Waals surface area (Å²) in [5.74, 6) is 0. The molecular weight excluding hydrogens is 356 g/mol. The van der Waals surface area contributed by atoms with Gasteiger partial charge in [0.1, 0.15) is 0 Å². The number of pyridine rings is 1. The minimum Gasteiger partial charge on any atom is -0.265 e. The van der Waals surface area contributed by atoms with Crippen LogP contribution in [0.25, 0.3) is 0 Å². The van der Waals surface area contributed by atoms with Crippen LogP contribution in [0.5, 0.6) is 0 Å². The van der Waals surface area contributed by atoms with Crippen molar-refractivity contribution < 1.29 is 8.42 Å². The van der Waals surface area contributed by atoms with E-state index in [1.807, 2.05) is 54.6 Å². The fourth-order valence-electron chi connectivity index (χ4n) is 2.89. The van der Waals surface area contributed by atoms with E-state index in [9.17, 15) is 8.42 Å². The van der Waals surface area contributed by atoms with E-state index in [1.165, 1.54) is 0 Å². The van der Waals surface area contributed by atoms with Crippen LogP contribution >= 0.6 is 0 Å². The quantitative estimate of drug-likeness (QED) is 0.711. The van der Waals surface area contributed by atoms with E-state index in [2.05, 4.69) is 30.5 Å². The van der Waals surface area contributed by atoms with Crippen LogP contribution in [0.2, 0.25) is 0 Å². The van der Waals surface area contributed by atoms with Crippen molar-refractivity contribution in [2.45, 2.75) is 37.1 Å². The molecule has 1 atom stereocenters. The average molecular weight is 381 g/mol. The van der Waals surface area contributed by atoms with Crippen LogP contribution in [0.4, 0.5) is 0 Å². The lowest BCUT2D eigenvalue weighted by atomic mass is 9.87. The smallest absolute Gasteiger partial charge is 0.241 e. The topological polar surface area (TPSA) is 59.1 Å². The van der Waals surface area contributed by atoms with Crippen LogP contribution in [0.1, 0.15) is 43.5 Å². The van der Waals surface area contributed by atoms with Crippen LogP contribution in [-0.2, 0) is 15.4 Å². The molecule has 1 aromatic heterocycles. The van der Waals surface area contributed by atoms with Crippen molar-refractivity contribution in [1.29, 1.82) is 0 Å². The maximum atomic E-state index is 13.0. The molecule has 1 heterocycles. The van der Waals surface area contributed by atoms with E-state index < -0.39 is 16.1 Å². The first-order chi connectivity index (χ1) is 12.8. The first-order valence-corrected chi connectivity index (χ1v) is 10.3. The Morgan fingerprint density at radius 3 is 1.93 bits per heavy atom. The molecule has 0 saturated carbocycles. The molecule has 0 aliphatic rings. The van der Waals surface area contributed by atoms with Gasteiger partial charge in [0.2, 0.25) is 10.0 Å². The minimum absolute atomic E-state index is 0.0284. The molecule has 27 heavy (non-hydrogen) atoms. The third kappa shape index (κ3) is 4.62. The third-order valence-electron chi connectivity index (χ3n) is 4.48. The maximum Gasteiger partial charge on any atom is 0.241 e. The molecule has 4 nitrogen and oxygen atoms in total. The molecule has 3 rings (SSSR count). The van der Waals surface area contributed by atoms with Gasteiger partial charge in [-0.15, -0.1) is 0 Å². The number of rotatable bonds is 5. The largest absolute Gasteiger partial charge is 0.265 e. The molecule has 1 unspecified atom stereocenters. The molecule has 1 N–H and O–H groups in total. The van der Waals surface area contributed by atoms with Crippen LogP contribution in [0, 0.1) is 0 Å². The lowest BCUT2D eigenvalue weighted by Crippen LogP contribution is -2.29. The Balaban J connectivity index is 1.95. The fraction of sp³-hybridized carbons (Fsp3) is 0.227. The lowest BCUT2D eigenvalue weighted by Gasteiger charge is -2.21. The molecule has 140 valence electrons. The SMILES string of the molecule is CC(C)(C)c1ccc(S(=O)(=O)NC(c2ccccc2)c2ccncc2)cc1. The normalized spacial score (nSPS) is 13.3. The molecule has 5 heteroatoms. The highest BCUT2D eigenvalue weighted by Crippen LogP contribution is 2.26. The summed E-state index contributed by atoms with van der Waals surface area (Å²) in [5.41, 5.74) is 2.78. The Kier molecular flexibility index (Phi) is 5.44. The van der Waals surface area contributed by atoms with Gasteiger partial charge in [-0.3, -0.25) is 4.98 Å². The van der Waals surface area contributed by atoms with E-state index >= 15 is 0 Å². The summed E-state index contributed by atoms with van der Waals surface area (Å²) in [6.07, 6.45) is 3.33. The molecule has 0 radical (unpaired) electrons. The number of aromatic nitrogens is 1. The van der Waals surface area contributed by atoms with Gasteiger partial charge in [0.05, 0.1) is 10.9 Å². The summed E-state index contributed by atoms with van der Waals surface area (Å²) < 4.78 is 28.9. The zero-order chi connectivity index (χ0) is 19.5. The van der Waals surface area contributed by atoms with E-state index in [-0.39, 0.29) is 10.3 Å². The van der Waals surface area contributed by atoms with Gasteiger partial charge in [-0.1, -0.05) is 63.2 Å². The van der Waals surface area contributed by atoms with Crippen molar-refractivity contribution in [2.24, 2.45) is 0 Å². The Morgan fingerprint density at radius 1 is 0.815 bits per heavy atom. The summed E-state index contributed by atoms with van der Waals surface area (Å²) >= 11 is 0. The molecule has 3 aromatic rings. The van der Waals surface area contributed by atoms with Gasteiger partial charge in [0, 0.05) is 12.4 Å². The Labute approximate surface area is 161 Å². The highest BCUT2D eigenvalue weighted by atomic mass is 32.2. The van der Waals surface area contributed by atoms with Crippen LogP contribution in [-0.4, -0.2) is 13.4 Å². The molecule has 0 bridgehead atoms. The average Bonchev–Trinajstić information content (AvgIpc) is 2.67. The van der Waals surface area contributed by atoms with Gasteiger partial charge in [-0.05, 0) is 46.4 Å². The van der Waals surface area contributed by atoms with Gasteiger partial charge in [0.25, 0.3) is 0 Å². The van der Waals surface area contributed by atoms with Crippen molar-refractivity contribution in [1.82, 2.24) is 9.71 Å². The van der Waals surface area contributed by atoms with Crippen molar-refractivity contribution in [3.63, 3.8) is 0 Å². The summed E-state index contributed by atoms with van der Waals surface area (Å²) in [6, 6.07) is 19.8. The van der Waals surface area contributed by atoms with Gasteiger partial charge >= 0.3 is 0 Å². The molecule has 0 aliphatic heterocycles. The second kappa shape index (κ2) is 7.62. The Hall–Kier alpha value is -2.50. The van der Waals surface area contributed by atoms with E-state index in [1.54, 1.807) is 24.5 Å². The van der Waals surface area contributed by atoms with Gasteiger partial charge < -0.3 is 0 Å². The lowest BCUT2D eigenvalue weighted by molar-refractivity contribution is 0.570. The molecule has 2 aromatic carbocycles. The van der Waals surface area contributed by atoms with E-state index in [0.717, 1.165) is 16.7 Å². The van der Waals surface area contributed by atoms with Crippen LogP contribution < -0.4 is 4.72 Å². The predicted octanol–water partition coefficient (Wildman–Crippen LogP) is 4.45. The maximum absolute atomic E-state index is 13.0. The standard InChI is InChI=1S/C22H24N2O2S/c1-22(2,3)19-9-11-20(12-10-19)27(25,26)24-21(17-7-5-4-6-8-17)18-13-15-23-16-14-18/h4-16,21,24H,1-3H3. The second-order valence-corrected chi connectivity index (χ2v) is 9.23. The zero-order valence-electron chi connectivity index (χ0n) is 15.8. The number of hydrogen-bond donors (Lipinski definition) is 1. The number of benzene rings is 2. The predicted molar refractivity (Wildman–Crippen MR) is 108 cm³/mol. The van der Waals surface area contributed by atoms with Gasteiger partial charge in [-0.25, -0.2) is 8.42 Å². The molecule has 0 spiro atoms. The summed E-state index contributed by atoms with van der Waals surface area (Å²) in [7, 11) is -3.69. The van der Waals surface area contributed by atoms with Crippen molar-refractivity contribution in [3.8, 4) is 0 Å². The number of nitrogens with zero attached hydrogens (tertiary/aromatic N) is 1. The van der Waals surface area contributed by atoms with Crippen LogP contribution in [0.15, 0.2) is 84.0 Å². The van der Waals surface area contributed by atoms with Gasteiger partial charge in [-0.2, -0.15) is 4.72 Å². The number of sulfonamides is 1. The van der Waals surface area contributed by atoms with Crippen LogP contribution in [0.3, 0.4) is 0 Å². The molecule has 0 saturated heterocycles. The Bertz CT molecular complexity index is 938. The third-order valence-corrected chi connectivity index (χ3v) is 5.91. The molecule has 0 fully saturated rings. The Morgan fingerprint density at radius 2 is 1.37 bits per heavy atom.